The molecule has 0 saturated carbocycles. The van der Waals surface area contributed by atoms with Crippen LogP contribution in [0.4, 0.5) is 0 Å². The minimum atomic E-state index is -0.438. The zero-order valence-electron chi connectivity index (χ0n) is 17.2. The Bertz CT molecular complexity index is 775. The van der Waals surface area contributed by atoms with E-state index in [4.69, 9.17) is 9.47 Å². The maximum absolute atomic E-state index is 12.1. The van der Waals surface area contributed by atoms with Crippen LogP contribution in [0.1, 0.15) is 55.5 Å². The summed E-state index contributed by atoms with van der Waals surface area (Å²) in [6.07, 6.45) is 5.47. The molecule has 0 fully saturated rings. The van der Waals surface area contributed by atoms with Gasteiger partial charge in [-0.2, -0.15) is 0 Å². The minimum Gasteiger partial charge on any atom is -0.494 e. The molecule has 2 N–H and O–H groups in total. The van der Waals surface area contributed by atoms with Gasteiger partial charge >= 0.3 is 0 Å². The molecule has 0 aliphatic carbocycles. The molecule has 2 aromatic rings. The molecular weight excluding hydrogens is 368 g/mol. The first-order valence-corrected chi connectivity index (χ1v) is 10.2. The van der Waals surface area contributed by atoms with Crippen molar-refractivity contribution in [3.05, 3.63) is 59.7 Å². The second-order valence-electron chi connectivity index (χ2n) is 6.73. The van der Waals surface area contributed by atoms with Gasteiger partial charge in [-0.3, -0.25) is 20.4 Å². The number of aryl methyl sites for hydroxylation is 1. The van der Waals surface area contributed by atoms with Crippen LogP contribution in [0.2, 0.25) is 0 Å². The quantitative estimate of drug-likeness (QED) is 0.442. The normalized spacial score (nSPS) is 10.3. The van der Waals surface area contributed by atoms with Gasteiger partial charge in [0, 0.05) is 5.56 Å². The van der Waals surface area contributed by atoms with E-state index in [2.05, 4.69) is 17.8 Å². The summed E-state index contributed by atoms with van der Waals surface area (Å²) in [5.74, 6) is 0.508. The van der Waals surface area contributed by atoms with Crippen molar-refractivity contribution in [1.82, 2.24) is 10.9 Å². The summed E-state index contributed by atoms with van der Waals surface area (Å²) in [7, 11) is 0. The summed E-state index contributed by atoms with van der Waals surface area (Å²) in [5.41, 5.74) is 6.30. The van der Waals surface area contributed by atoms with Crippen LogP contribution in [-0.2, 0) is 11.2 Å². The third kappa shape index (κ3) is 8.25. The summed E-state index contributed by atoms with van der Waals surface area (Å²) in [4.78, 5) is 24.0. The average molecular weight is 399 g/mol. The number of unbranched alkanes of at least 4 members (excludes halogenated alkanes) is 3. The molecule has 0 aromatic heterocycles. The van der Waals surface area contributed by atoms with Gasteiger partial charge in [0.05, 0.1) is 6.61 Å². The molecule has 0 atom stereocenters. The number of benzene rings is 2. The van der Waals surface area contributed by atoms with Crippen molar-refractivity contribution in [2.75, 3.05) is 13.2 Å². The van der Waals surface area contributed by atoms with Crippen LogP contribution in [-0.4, -0.2) is 25.0 Å². The van der Waals surface area contributed by atoms with Crippen LogP contribution < -0.4 is 20.3 Å². The second-order valence-corrected chi connectivity index (χ2v) is 6.73. The molecule has 156 valence electrons. The van der Waals surface area contributed by atoms with Crippen LogP contribution in [0.5, 0.6) is 11.5 Å². The lowest BCUT2D eigenvalue weighted by atomic mass is 10.2. The van der Waals surface area contributed by atoms with Gasteiger partial charge < -0.3 is 9.47 Å². The Hall–Kier alpha value is -3.02. The highest BCUT2D eigenvalue weighted by Gasteiger charge is 2.08. The zero-order valence-corrected chi connectivity index (χ0v) is 17.2. The van der Waals surface area contributed by atoms with E-state index in [1.165, 1.54) is 12.8 Å². The number of hydrogen-bond acceptors (Lipinski definition) is 4. The number of nitrogens with one attached hydrogen (secondary N) is 2. The fraction of sp³-hybridized carbons (Fsp3) is 0.391. The van der Waals surface area contributed by atoms with Gasteiger partial charge in [0.2, 0.25) is 0 Å². The molecule has 0 bridgehead atoms. The highest BCUT2D eigenvalue weighted by molar-refractivity contribution is 5.95. The maximum atomic E-state index is 12.1. The molecule has 2 amide bonds. The fourth-order valence-corrected chi connectivity index (χ4v) is 2.66. The van der Waals surface area contributed by atoms with Crippen molar-refractivity contribution in [3.8, 4) is 11.5 Å². The van der Waals surface area contributed by atoms with Gasteiger partial charge in [-0.15, -0.1) is 0 Å². The van der Waals surface area contributed by atoms with Crippen molar-refractivity contribution in [2.24, 2.45) is 0 Å². The summed E-state index contributed by atoms with van der Waals surface area (Å²) in [6.45, 7) is 4.71. The van der Waals surface area contributed by atoms with Crippen LogP contribution in [0.25, 0.3) is 0 Å². The first-order valence-electron chi connectivity index (χ1n) is 10.2. The topological polar surface area (TPSA) is 76.7 Å². The van der Waals surface area contributed by atoms with Crippen molar-refractivity contribution >= 4 is 11.8 Å². The molecule has 6 heteroatoms. The summed E-state index contributed by atoms with van der Waals surface area (Å²) >= 11 is 0. The van der Waals surface area contributed by atoms with Crippen molar-refractivity contribution < 1.29 is 19.1 Å². The van der Waals surface area contributed by atoms with Gasteiger partial charge in [0.25, 0.3) is 11.8 Å². The number of carbonyl (C=O) groups excluding carboxylic acids is 2. The summed E-state index contributed by atoms with van der Waals surface area (Å²) in [6, 6.07) is 14.4. The largest absolute Gasteiger partial charge is 0.494 e. The van der Waals surface area contributed by atoms with E-state index in [9.17, 15) is 9.59 Å². The molecule has 2 aromatic carbocycles. The molecule has 6 nitrogen and oxygen atoms in total. The number of carbonyl (C=O) groups is 2. The van der Waals surface area contributed by atoms with E-state index in [1.54, 1.807) is 30.3 Å². The Labute approximate surface area is 172 Å². The molecule has 0 aliphatic heterocycles. The first kappa shape index (κ1) is 22.3. The fourth-order valence-electron chi connectivity index (χ4n) is 2.66. The van der Waals surface area contributed by atoms with Gasteiger partial charge in [-0.25, -0.2) is 0 Å². The Balaban J connectivity index is 1.70. The van der Waals surface area contributed by atoms with Crippen molar-refractivity contribution in [3.63, 3.8) is 0 Å². The van der Waals surface area contributed by atoms with E-state index in [1.807, 2.05) is 25.1 Å². The van der Waals surface area contributed by atoms with Crippen LogP contribution in [0.15, 0.2) is 48.5 Å². The Morgan fingerprint density at radius 1 is 0.862 bits per heavy atom. The van der Waals surface area contributed by atoms with Gasteiger partial charge in [0.15, 0.2) is 6.61 Å². The van der Waals surface area contributed by atoms with E-state index in [0.717, 1.165) is 30.6 Å². The first-order chi connectivity index (χ1) is 14.1. The smallest absolute Gasteiger partial charge is 0.276 e. The van der Waals surface area contributed by atoms with E-state index in [-0.39, 0.29) is 6.61 Å². The summed E-state index contributed by atoms with van der Waals surface area (Å²) < 4.78 is 11.1. The van der Waals surface area contributed by atoms with Crippen molar-refractivity contribution in [1.29, 1.82) is 0 Å². The second kappa shape index (κ2) is 12.4. The third-order valence-electron chi connectivity index (χ3n) is 4.38. The Kier molecular flexibility index (Phi) is 9.55. The number of hydrazine groups is 1. The maximum Gasteiger partial charge on any atom is 0.276 e. The number of hydrogen-bond donors (Lipinski definition) is 2. The number of amides is 2. The molecular formula is C23H30N2O4. The Morgan fingerprint density at radius 2 is 1.66 bits per heavy atom. The lowest BCUT2D eigenvalue weighted by Crippen LogP contribution is -2.43. The number of ether oxygens (including phenoxy) is 2. The van der Waals surface area contributed by atoms with Crippen LogP contribution >= 0.6 is 0 Å². The number of rotatable bonds is 11. The molecule has 0 unspecified atom stereocenters. The van der Waals surface area contributed by atoms with Crippen LogP contribution in [0.3, 0.4) is 0 Å². The molecule has 2 rings (SSSR count). The average Bonchev–Trinajstić information content (AvgIpc) is 2.76. The molecule has 29 heavy (non-hydrogen) atoms. The SMILES string of the molecule is CCCCCCOc1ccc(C(=O)NNC(=O)COc2cccc(CC)c2)cc1. The monoisotopic (exact) mass is 398 g/mol. The van der Waals surface area contributed by atoms with Gasteiger partial charge in [0.1, 0.15) is 11.5 Å². The molecule has 0 heterocycles. The predicted molar refractivity (Wildman–Crippen MR) is 113 cm³/mol. The lowest BCUT2D eigenvalue weighted by Gasteiger charge is -2.10. The highest BCUT2D eigenvalue weighted by Crippen LogP contribution is 2.14. The van der Waals surface area contributed by atoms with Gasteiger partial charge in [-0.05, 0) is 54.8 Å². The van der Waals surface area contributed by atoms with Crippen molar-refractivity contribution in [2.45, 2.75) is 46.0 Å². The molecule has 0 spiro atoms. The standard InChI is InChI=1S/C23H30N2O4/c1-3-5-6-7-15-28-20-13-11-19(12-14-20)23(27)25-24-22(26)17-29-21-10-8-9-18(4-2)16-21/h8-14,16H,3-7,15,17H2,1-2H3,(H,24,26)(H,25,27). The van der Waals surface area contributed by atoms with E-state index in [0.29, 0.717) is 17.9 Å². The molecule has 0 radical (unpaired) electrons. The summed E-state index contributed by atoms with van der Waals surface area (Å²) in [5, 5.41) is 0. The lowest BCUT2D eigenvalue weighted by molar-refractivity contribution is -0.123. The Morgan fingerprint density at radius 3 is 2.38 bits per heavy atom. The van der Waals surface area contributed by atoms with E-state index < -0.39 is 11.8 Å². The minimum absolute atomic E-state index is 0.182. The molecule has 0 aliphatic rings. The zero-order chi connectivity index (χ0) is 20.9. The van der Waals surface area contributed by atoms with Gasteiger partial charge in [-0.1, -0.05) is 45.2 Å². The highest BCUT2D eigenvalue weighted by atomic mass is 16.5. The molecule has 0 saturated heterocycles. The van der Waals surface area contributed by atoms with E-state index >= 15 is 0 Å². The van der Waals surface area contributed by atoms with Crippen LogP contribution in [0, 0.1) is 0 Å². The third-order valence-corrected chi connectivity index (χ3v) is 4.38. The predicted octanol–water partition coefficient (Wildman–Crippen LogP) is 4.05.